The SMILES string of the molecule is COc1ccc2c(OC3CNC(C(=O)NC(C)(C)C(=O)NS(=O)(=O)c4ccccc4NC(=O)CCCCCCCC(=O)O)C3)cc(-c3csc(NC(C)C)n3)nc2c1. The van der Waals surface area contributed by atoms with E-state index in [0.29, 0.717) is 47.8 Å². The van der Waals surface area contributed by atoms with E-state index in [-0.39, 0.29) is 35.9 Å². The van der Waals surface area contributed by atoms with Crippen molar-refractivity contribution in [2.75, 3.05) is 24.3 Å². The summed E-state index contributed by atoms with van der Waals surface area (Å²) in [6.07, 6.45) is 3.43. The number of unbranched alkanes of at least 4 members (excludes halogenated alkanes) is 4. The number of ether oxygens (including phenoxy) is 2. The topological polar surface area (TPSA) is 227 Å². The van der Waals surface area contributed by atoms with Crippen LogP contribution in [0.25, 0.3) is 22.3 Å². The molecule has 2 aromatic heterocycles. The number of pyridine rings is 1. The number of hydrogen-bond acceptors (Lipinski definition) is 13. The number of thiazole rings is 1. The molecule has 1 saturated heterocycles. The van der Waals surface area contributed by atoms with Crippen LogP contribution in [0.5, 0.6) is 11.5 Å². The minimum Gasteiger partial charge on any atom is -0.497 e. The van der Waals surface area contributed by atoms with Crippen LogP contribution in [0, 0.1) is 0 Å². The fourth-order valence-electron chi connectivity index (χ4n) is 6.27. The minimum atomic E-state index is -4.48. The summed E-state index contributed by atoms with van der Waals surface area (Å²) in [6, 6.07) is 12.5. The Bertz CT molecular complexity index is 2230. The predicted molar refractivity (Wildman–Crippen MR) is 222 cm³/mol. The minimum absolute atomic E-state index is 0.00463. The lowest BCUT2D eigenvalue weighted by Gasteiger charge is -2.27. The summed E-state index contributed by atoms with van der Waals surface area (Å²) in [4.78, 5) is 59.4. The van der Waals surface area contributed by atoms with E-state index < -0.39 is 51.4 Å². The van der Waals surface area contributed by atoms with E-state index in [1.807, 2.05) is 43.5 Å². The number of carboxylic acid groups (broad SMARTS) is 1. The number of anilines is 2. The van der Waals surface area contributed by atoms with E-state index in [4.69, 9.17) is 24.5 Å². The van der Waals surface area contributed by atoms with Crippen LogP contribution in [0.4, 0.5) is 10.8 Å². The first kappa shape index (κ1) is 43.8. The molecule has 2 aromatic carbocycles. The largest absolute Gasteiger partial charge is 0.497 e. The second-order valence-electron chi connectivity index (χ2n) is 14.9. The standard InChI is InChI=1S/C40H51N7O9S2/c1-24(2)42-39-45-32(23-57-39)30-21-33(27-18-17-25(55-5)19-29(27)43-30)56-26-20-31(41-22-26)37(51)46-40(3,4)38(52)47-58(53,54)34-14-12-11-13-28(34)44-35(48)15-9-7-6-8-10-16-36(49)50/h11-14,17-19,21,23-24,26,31,41H,6-10,15-16,20,22H2,1-5H3,(H,42,45)(H,44,48)(H,46,51)(H,47,52)(H,49,50). The first-order valence-electron chi connectivity index (χ1n) is 19.2. The Morgan fingerprint density at radius 3 is 2.43 bits per heavy atom. The Kier molecular flexibility index (Phi) is 14.7. The normalized spacial score (nSPS) is 15.6. The van der Waals surface area contributed by atoms with Crippen LogP contribution < -0.4 is 35.5 Å². The molecule has 18 heteroatoms. The van der Waals surface area contributed by atoms with Gasteiger partial charge in [0.1, 0.15) is 33.7 Å². The summed E-state index contributed by atoms with van der Waals surface area (Å²) < 4.78 is 40.9. The predicted octanol–water partition coefficient (Wildman–Crippen LogP) is 5.45. The summed E-state index contributed by atoms with van der Waals surface area (Å²) in [5.74, 6) is -1.55. The number of hydrogen-bond donors (Lipinski definition) is 6. The zero-order valence-corrected chi connectivity index (χ0v) is 34.8. The van der Waals surface area contributed by atoms with Gasteiger partial charge in [-0.3, -0.25) is 19.2 Å². The number of nitrogens with zero attached hydrogens (tertiary/aromatic N) is 2. The molecule has 0 spiro atoms. The smallest absolute Gasteiger partial charge is 0.303 e. The molecule has 0 aliphatic carbocycles. The lowest BCUT2D eigenvalue weighted by atomic mass is 10.0. The lowest BCUT2D eigenvalue weighted by molar-refractivity contribution is -0.137. The van der Waals surface area contributed by atoms with Gasteiger partial charge < -0.3 is 35.8 Å². The molecule has 2 unspecified atom stereocenters. The highest BCUT2D eigenvalue weighted by Crippen LogP contribution is 2.35. The molecule has 0 bridgehead atoms. The van der Waals surface area contributed by atoms with Crippen LogP contribution in [0.2, 0.25) is 0 Å². The summed E-state index contributed by atoms with van der Waals surface area (Å²) in [5, 5.41) is 23.9. The van der Waals surface area contributed by atoms with Gasteiger partial charge in [-0.2, -0.15) is 0 Å². The van der Waals surface area contributed by atoms with Crippen LogP contribution in [0.15, 0.2) is 58.8 Å². The second kappa shape index (κ2) is 19.4. The van der Waals surface area contributed by atoms with Gasteiger partial charge in [-0.25, -0.2) is 23.1 Å². The van der Waals surface area contributed by atoms with Crippen molar-refractivity contribution in [2.45, 2.75) is 108 Å². The van der Waals surface area contributed by atoms with Crippen molar-refractivity contribution in [3.8, 4) is 22.9 Å². The van der Waals surface area contributed by atoms with Gasteiger partial charge >= 0.3 is 5.97 Å². The molecule has 3 amide bonds. The summed E-state index contributed by atoms with van der Waals surface area (Å²) in [5.41, 5.74) is 0.277. The molecular weight excluding hydrogens is 787 g/mol. The van der Waals surface area contributed by atoms with Gasteiger partial charge in [-0.05, 0) is 64.8 Å². The number of nitrogens with one attached hydrogen (secondary N) is 5. The van der Waals surface area contributed by atoms with Crippen LogP contribution in [0.1, 0.15) is 79.1 Å². The third-order valence-corrected chi connectivity index (χ3v) is 11.5. The second-order valence-corrected chi connectivity index (χ2v) is 17.4. The quantitative estimate of drug-likeness (QED) is 0.0610. The van der Waals surface area contributed by atoms with Gasteiger partial charge in [0, 0.05) is 54.7 Å². The molecule has 3 heterocycles. The third kappa shape index (κ3) is 11.9. The van der Waals surface area contributed by atoms with Gasteiger partial charge in [-0.15, -0.1) is 11.3 Å². The van der Waals surface area contributed by atoms with Crippen molar-refractivity contribution in [3.05, 3.63) is 53.9 Å². The molecule has 0 radical (unpaired) electrons. The molecule has 16 nitrogen and oxygen atoms in total. The number of benzene rings is 2. The zero-order chi connectivity index (χ0) is 42.0. The molecule has 1 aliphatic rings. The number of rotatable bonds is 20. The molecule has 5 rings (SSSR count). The Morgan fingerprint density at radius 1 is 0.983 bits per heavy atom. The number of carboxylic acids is 1. The fraction of sp³-hybridized carbons (Fsp3) is 0.450. The van der Waals surface area contributed by atoms with Gasteiger partial charge in [-0.1, -0.05) is 31.4 Å². The Morgan fingerprint density at radius 2 is 1.71 bits per heavy atom. The molecule has 1 aliphatic heterocycles. The van der Waals surface area contributed by atoms with E-state index >= 15 is 0 Å². The molecule has 2 atom stereocenters. The molecule has 6 N–H and O–H groups in total. The maximum absolute atomic E-state index is 13.5. The highest BCUT2D eigenvalue weighted by Gasteiger charge is 2.38. The molecule has 1 fully saturated rings. The van der Waals surface area contributed by atoms with E-state index in [1.54, 1.807) is 13.2 Å². The average Bonchev–Trinajstić information content (AvgIpc) is 3.83. The van der Waals surface area contributed by atoms with Crippen LogP contribution >= 0.6 is 11.3 Å². The number of carbonyl (C=O) groups excluding carboxylic acids is 3. The van der Waals surface area contributed by atoms with Crippen molar-refractivity contribution in [1.29, 1.82) is 0 Å². The number of aromatic nitrogens is 2. The summed E-state index contributed by atoms with van der Waals surface area (Å²) in [6.45, 7) is 7.18. The van der Waals surface area contributed by atoms with Crippen molar-refractivity contribution < 1.29 is 42.2 Å². The van der Waals surface area contributed by atoms with E-state index in [9.17, 15) is 27.6 Å². The lowest BCUT2D eigenvalue weighted by Crippen LogP contribution is -2.58. The number of amides is 3. The van der Waals surface area contributed by atoms with Crippen molar-refractivity contribution in [2.24, 2.45) is 0 Å². The first-order valence-corrected chi connectivity index (χ1v) is 21.5. The first-order chi connectivity index (χ1) is 27.5. The third-order valence-electron chi connectivity index (χ3n) is 9.33. The van der Waals surface area contributed by atoms with E-state index in [0.717, 1.165) is 29.8 Å². The number of fused-ring (bicyclic) bond motifs is 1. The van der Waals surface area contributed by atoms with Gasteiger partial charge in [0.25, 0.3) is 15.9 Å². The van der Waals surface area contributed by atoms with Gasteiger partial charge in [0.2, 0.25) is 11.8 Å². The van der Waals surface area contributed by atoms with Gasteiger partial charge in [0.15, 0.2) is 5.13 Å². The maximum Gasteiger partial charge on any atom is 0.303 e. The molecule has 0 saturated carbocycles. The Labute approximate surface area is 342 Å². The molecule has 58 heavy (non-hydrogen) atoms. The highest BCUT2D eigenvalue weighted by molar-refractivity contribution is 7.90. The van der Waals surface area contributed by atoms with Crippen LogP contribution in [0.3, 0.4) is 0 Å². The molecular formula is C40H51N7O9S2. The van der Waals surface area contributed by atoms with Crippen molar-refractivity contribution in [3.63, 3.8) is 0 Å². The van der Waals surface area contributed by atoms with Crippen LogP contribution in [-0.4, -0.2) is 84.6 Å². The van der Waals surface area contributed by atoms with E-state index in [1.165, 1.54) is 43.4 Å². The number of methoxy groups -OCH3 is 1. The van der Waals surface area contributed by atoms with Crippen LogP contribution in [-0.2, 0) is 29.2 Å². The Balaban J connectivity index is 1.19. The fourth-order valence-corrected chi connectivity index (χ4v) is 8.40. The molecule has 4 aromatic rings. The van der Waals surface area contributed by atoms with Crippen molar-refractivity contribution in [1.82, 2.24) is 25.3 Å². The number of sulfonamides is 1. The summed E-state index contributed by atoms with van der Waals surface area (Å²) >= 11 is 1.47. The number of para-hydroxylation sites is 1. The molecule has 312 valence electrons. The number of aliphatic carboxylic acids is 1. The monoisotopic (exact) mass is 837 g/mol. The Hall–Kier alpha value is -5.33. The number of carbonyl (C=O) groups is 4. The van der Waals surface area contributed by atoms with Crippen molar-refractivity contribution >= 4 is 66.8 Å². The van der Waals surface area contributed by atoms with Gasteiger partial charge in [0.05, 0.1) is 30.0 Å². The van der Waals surface area contributed by atoms with E-state index in [2.05, 4.69) is 26.0 Å². The highest BCUT2D eigenvalue weighted by atomic mass is 32.2. The maximum atomic E-state index is 13.5. The summed E-state index contributed by atoms with van der Waals surface area (Å²) in [7, 11) is -2.90. The average molecular weight is 838 g/mol. The zero-order valence-electron chi connectivity index (χ0n) is 33.2.